The molecule has 1 rings (SSSR count). The van der Waals surface area contributed by atoms with Crippen LogP contribution in [0.2, 0.25) is 0 Å². The van der Waals surface area contributed by atoms with E-state index >= 15 is 0 Å². The summed E-state index contributed by atoms with van der Waals surface area (Å²) in [5.74, 6) is 0. The maximum absolute atomic E-state index is 10.5. The van der Waals surface area contributed by atoms with Crippen LogP contribution in [0.5, 0.6) is 0 Å². The van der Waals surface area contributed by atoms with Crippen molar-refractivity contribution in [2.45, 2.75) is 26.2 Å². The molecule has 0 aliphatic heterocycles. The van der Waals surface area contributed by atoms with E-state index in [0.29, 0.717) is 0 Å². The van der Waals surface area contributed by atoms with Crippen molar-refractivity contribution in [1.29, 1.82) is 0 Å². The van der Waals surface area contributed by atoms with Gasteiger partial charge < -0.3 is 4.98 Å². The van der Waals surface area contributed by atoms with Gasteiger partial charge in [0, 0.05) is 6.20 Å². The topological polar surface area (TPSA) is 58.9 Å². The highest BCUT2D eigenvalue weighted by Crippen LogP contribution is 2.30. The number of H-pyrrole nitrogens is 1. The fourth-order valence-electron chi connectivity index (χ4n) is 1.11. The van der Waals surface area contributed by atoms with Crippen LogP contribution in [0.15, 0.2) is 12.4 Å². The van der Waals surface area contributed by atoms with Gasteiger partial charge in [0.1, 0.15) is 0 Å². The second-order valence-electron chi connectivity index (χ2n) is 3.76. The van der Waals surface area contributed by atoms with Crippen molar-refractivity contribution in [1.82, 2.24) is 4.98 Å². The molecule has 0 aliphatic rings. The Kier molecular flexibility index (Phi) is 1.92. The van der Waals surface area contributed by atoms with Crippen LogP contribution in [0.4, 0.5) is 5.69 Å². The van der Waals surface area contributed by atoms with Gasteiger partial charge in [-0.1, -0.05) is 20.8 Å². The molecule has 4 heteroatoms. The molecule has 0 bridgehead atoms. The second-order valence-corrected chi connectivity index (χ2v) is 3.76. The highest BCUT2D eigenvalue weighted by molar-refractivity contribution is 5.41. The van der Waals surface area contributed by atoms with Crippen molar-refractivity contribution >= 4 is 5.69 Å². The summed E-state index contributed by atoms with van der Waals surface area (Å²) in [5.41, 5.74) is 0.734. The summed E-state index contributed by atoms with van der Waals surface area (Å²) in [5, 5.41) is 10.5. The number of nitrogens with one attached hydrogen (secondary N) is 1. The first kappa shape index (κ1) is 8.77. The number of aromatic nitrogens is 1. The minimum absolute atomic E-state index is 0.169. The molecule has 0 aliphatic carbocycles. The SMILES string of the molecule is CC(C)(C)c1c[nH]cc1[N+](=O)[O-]. The Morgan fingerprint density at radius 1 is 1.42 bits per heavy atom. The van der Waals surface area contributed by atoms with E-state index in [4.69, 9.17) is 0 Å². The smallest absolute Gasteiger partial charge is 0.290 e. The van der Waals surface area contributed by atoms with E-state index in [9.17, 15) is 10.1 Å². The zero-order valence-electron chi connectivity index (χ0n) is 7.42. The largest absolute Gasteiger partial charge is 0.362 e. The van der Waals surface area contributed by atoms with E-state index in [2.05, 4.69) is 4.98 Å². The van der Waals surface area contributed by atoms with Gasteiger partial charge in [-0.15, -0.1) is 0 Å². The maximum atomic E-state index is 10.5. The fraction of sp³-hybridized carbons (Fsp3) is 0.500. The lowest BCUT2D eigenvalue weighted by molar-refractivity contribution is -0.385. The summed E-state index contributed by atoms with van der Waals surface area (Å²) in [7, 11) is 0. The summed E-state index contributed by atoms with van der Waals surface area (Å²) < 4.78 is 0. The fourth-order valence-corrected chi connectivity index (χ4v) is 1.11. The molecule has 1 aromatic rings. The molecule has 0 spiro atoms. The molecule has 0 aromatic carbocycles. The van der Waals surface area contributed by atoms with Gasteiger partial charge in [-0.2, -0.15) is 0 Å². The number of nitrogens with zero attached hydrogens (tertiary/aromatic N) is 1. The van der Waals surface area contributed by atoms with Gasteiger partial charge in [-0.3, -0.25) is 10.1 Å². The average Bonchev–Trinajstić information content (AvgIpc) is 2.30. The van der Waals surface area contributed by atoms with Gasteiger partial charge in [0.15, 0.2) is 0 Å². The van der Waals surface area contributed by atoms with Gasteiger partial charge in [0.2, 0.25) is 0 Å². The van der Waals surface area contributed by atoms with Gasteiger partial charge >= 0.3 is 0 Å². The first-order chi connectivity index (χ1) is 5.43. The highest BCUT2D eigenvalue weighted by atomic mass is 16.6. The van der Waals surface area contributed by atoms with Crippen LogP contribution in [0.3, 0.4) is 0 Å². The summed E-state index contributed by atoms with van der Waals surface area (Å²) in [6, 6.07) is 0. The van der Waals surface area contributed by atoms with Gasteiger partial charge in [0.25, 0.3) is 5.69 Å². The molecule has 0 atom stereocenters. The Hall–Kier alpha value is -1.32. The Bertz CT molecular complexity index is 296. The van der Waals surface area contributed by atoms with Crippen molar-refractivity contribution in [3.05, 3.63) is 28.1 Å². The summed E-state index contributed by atoms with van der Waals surface area (Å²) in [6.07, 6.45) is 3.10. The molecule has 1 heterocycles. The summed E-state index contributed by atoms with van der Waals surface area (Å²) >= 11 is 0. The Labute approximate surface area is 70.8 Å². The number of nitro groups is 1. The molecule has 0 amide bonds. The van der Waals surface area contributed by atoms with Crippen LogP contribution in [-0.4, -0.2) is 9.91 Å². The predicted molar refractivity (Wildman–Crippen MR) is 46.1 cm³/mol. The first-order valence-corrected chi connectivity index (χ1v) is 3.74. The van der Waals surface area contributed by atoms with E-state index in [1.807, 2.05) is 20.8 Å². The molecule has 0 saturated heterocycles. The molecule has 0 fully saturated rings. The van der Waals surface area contributed by atoms with Crippen molar-refractivity contribution in [3.63, 3.8) is 0 Å². The Balaban J connectivity index is 3.17. The predicted octanol–water partition coefficient (Wildman–Crippen LogP) is 2.22. The quantitative estimate of drug-likeness (QED) is 0.516. The van der Waals surface area contributed by atoms with Crippen LogP contribution in [0.25, 0.3) is 0 Å². The molecular weight excluding hydrogens is 156 g/mol. The third-order valence-electron chi connectivity index (χ3n) is 1.73. The normalized spacial score (nSPS) is 11.6. The average molecular weight is 168 g/mol. The van der Waals surface area contributed by atoms with Gasteiger partial charge in [-0.05, 0) is 5.41 Å². The van der Waals surface area contributed by atoms with Crippen LogP contribution in [-0.2, 0) is 5.41 Å². The van der Waals surface area contributed by atoms with E-state index in [0.717, 1.165) is 5.56 Å². The van der Waals surface area contributed by atoms with E-state index in [1.54, 1.807) is 6.20 Å². The molecular formula is C8H12N2O2. The second kappa shape index (κ2) is 2.62. The monoisotopic (exact) mass is 168 g/mol. The third kappa shape index (κ3) is 1.47. The van der Waals surface area contributed by atoms with Crippen molar-refractivity contribution < 1.29 is 4.92 Å². The lowest BCUT2D eigenvalue weighted by Gasteiger charge is -2.15. The number of hydrogen-bond acceptors (Lipinski definition) is 2. The zero-order chi connectivity index (χ0) is 9.35. The van der Waals surface area contributed by atoms with Crippen LogP contribution >= 0.6 is 0 Å². The van der Waals surface area contributed by atoms with Gasteiger partial charge in [0.05, 0.1) is 16.7 Å². The number of rotatable bonds is 1. The standard InChI is InChI=1S/C8H12N2O2/c1-8(2,3)6-4-9-5-7(6)10(11)12/h4-5,9H,1-3H3. The van der Waals surface area contributed by atoms with Crippen LogP contribution < -0.4 is 0 Å². The van der Waals surface area contributed by atoms with E-state index < -0.39 is 0 Å². The third-order valence-corrected chi connectivity index (χ3v) is 1.73. The molecule has 12 heavy (non-hydrogen) atoms. The lowest BCUT2D eigenvalue weighted by Crippen LogP contribution is -2.11. The van der Waals surface area contributed by atoms with Gasteiger partial charge in [-0.25, -0.2) is 0 Å². The maximum Gasteiger partial charge on any atom is 0.290 e. The molecule has 0 radical (unpaired) electrons. The minimum Gasteiger partial charge on any atom is -0.362 e. The van der Waals surface area contributed by atoms with E-state index in [1.165, 1.54) is 6.20 Å². The Morgan fingerprint density at radius 3 is 2.33 bits per heavy atom. The number of hydrogen-bond donors (Lipinski definition) is 1. The minimum atomic E-state index is -0.364. The zero-order valence-corrected chi connectivity index (χ0v) is 7.42. The molecule has 1 N–H and O–H groups in total. The van der Waals surface area contributed by atoms with Crippen molar-refractivity contribution in [3.8, 4) is 0 Å². The summed E-state index contributed by atoms with van der Waals surface area (Å²) in [4.78, 5) is 12.9. The van der Waals surface area contributed by atoms with Crippen molar-refractivity contribution in [2.24, 2.45) is 0 Å². The lowest BCUT2D eigenvalue weighted by atomic mass is 9.88. The molecule has 0 unspecified atom stereocenters. The van der Waals surface area contributed by atoms with Crippen LogP contribution in [0, 0.1) is 10.1 Å². The number of aromatic amines is 1. The van der Waals surface area contributed by atoms with Crippen LogP contribution in [0.1, 0.15) is 26.3 Å². The molecule has 4 nitrogen and oxygen atoms in total. The molecule has 0 saturated carbocycles. The molecule has 66 valence electrons. The Morgan fingerprint density at radius 2 is 2.00 bits per heavy atom. The summed E-state index contributed by atoms with van der Waals surface area (Å²) in [6.45, 7) is 5.84. The first-order valence-electron chi connectivity index (χ1n) is 3.74. The van der Waals surface area contributed by atoms with E-state index in [-0.39, 0.29) is 16.0 Å². The van der Waals surface area contributed by atoms with Crippen molar-refractivity contribution in [2.75, 3.05) is 0 Å². The molecule has 1 aromatic heterocycles. The highest BCUT2D eigenvalue weighted by Gasteiger charge is 2.25.